The third kappa shape index (κ3) is 3.92. The van der Waals surface area contributed by atoms with Crippen molar-refractivity contribution >= 4 is 5.97 Å². The van der Waals surface area contributed by atoms with Gasteiger partial charge in [-0.15, -0.1) is 0 Å². The van der Waals surface area contributed by atoms with Crippen molar-refractivity contribution in [3.63, 3.8) is 0 Å². The van der Waals surface area contributed by atoms with Gasteiger partial charge in [-0.1, -0.05) is 6.07 Å². The van der Waals surface area contributed by atoms with Gasteiger partial charge in [-0.05, 0) is 12.1 Å². The SMILES string of the molecule is COCCOc1c(-c2c(OC)cccc2OC)cc(C(=O)O)oc1=O. The van der Waals surface area contributed by atoms with Crippen LogP contribution in [0.5, 0.6) is 17.2 Å². The molecule has 1 heterocycles. The highest BCUT2D eigenvalue weighted by Gasteiger charge is 2.23. The van der Waals surface area contributed by atoms with E-state index in [-0.39, 0.29) is 24.5 Å². The van der Waals surface area contributed by atoms with E-state index in [1.807, 2.05) is 0 Å². The van der Waals surface area contributed by atoms with Crippen LogP contribution in [0.1, 0.15) is 10.6 Å². The molecule has 2 aromatic rings. The summed E-state index contributed by atoms with van der Waals surface area (Å²) in [7, 11) is 4.39. The molecule has 8 nitrogen and oxygen atoms in total. The zero-order chi connectivity index (χ0) is 18.4. The lowest BCUT2D eigenvalue weighted by Crippen LogP contribution is -2.15. The highest BCUT2D eigenvalue weighted by atomic mass is 16.5. The van der Waals surface area contributed by atoms with Gasteiger partial charge >= 0.3 is 11.6 Å². The first kappa shape index (κ1) is 18.3. The molecular formula is C17H18O8. The van der Waals surface area contributed by atoms with Crippen LogP contribution >= 0.6 is 0 Å². The summed E-state index contributed by atoms with van der Waals surface area (Å²) in [5.41, 5.74) is -0.340. The van der Waals surface area contributed by atoms with Crippen LogP contribution in [-0.2, 0) is 4.74 Å². The van der Waals surface area contributed by atoms with Crippen LogP contribution in [0.25, 0.3) is 11.1 Å². The quantitative estimate of drug-likeness (QED) is 0.721. The van der Waals surface area contributed by atoms with Gasteiger partial charge in [0.1, 0.15) is 18.1 Å². The van der Waals surface area contributed by atoms with Gasteiger partial charge in [-0.3, -0.25) is 0 Å². The Morgan fingerprint density at radius 3 is 2.28 bits per heavy atom. The molecule has 25 heavy (non-hydrogen) atoms. The molecule has 2 rings (SSSR count). The molecule has 0 radical (unpaired) electrons. The van der Waals surface area contributed by atoms with Gasteiger partial charge in [0.15, 0.2) is 0 Å². The van der Waals surface area contributed by atoms with Crippen molar-refractivity contribution in [2.24, 2.45) is 0 Å². The minimum atomic E-state index is -1.38. The van der Waals surface area contributed by atoms with Gasteiger partial charge in [-0.25, -0.2) is 9.59 Å². The van der Waals surface area contributed by atoms with Crippen molar-refractivity contribution in [2.75, 3.05) is 34.5 Å². The Kier molecular flexibility index (Phi) is 6.02. The summed E-state index contributed by atoms with van der Waals surface area (Å²) in [5, 5.41) is 9.18. The Balaban J connectivity index is 2.73. The maximum absolute atomic E-state index is 12.3. The average molecular weight is 350 g/mol. The summed E-state index contributed by atoms with van der Waals surface area (Å²) in [4.78, 5) is 23.5. The van der Waals surface area contributed by atoms with Crippen LogP contribution in [-0.4, -0.2) is 45.6 Å². The van der Waals surface area contributed by atoms with Crippen molar-refractivity contribution in [2.45, 2.75) is 0 Å². The van der Waals surface area contributed by atoms with Crippen LogP contribution in [0.3, 0.4) is 0 Å². The second-order valence-electron chi connectivity index (χ2n) is 4.82. The molecule has 0 aliphatic rings. The molecule has 0 saturated carbocycles. The number of carboxylic acids is 1. The molecule has 0 bridgehead atoms. The first-order valence-electron chi connectivity index (χ1n) is 7.28. The zero-order valence-corrected chi connectivity index (χ0v) is 14.0. The topological polar surface area (TPSA) is 104 Å². The van der Waals surface area contributed by atoms with E-state index in [1.165, 1.54) is 27.4 Å². The Labute approximate surface area is 143 Å². The summed E-state index contributed by atoms with van der Waals surface area (Å²) in [6, 6.07) is 6.22. The molecule has 0 atom stereocenters. The van der Waals surface area contributed by atoms with Crippen LogP contribution in [0.2, 0.25) is 0 Å². The molecule has 1 aromatic heterocycles. The highest BCUT2D eigenvalue weighted by Crippen LogP contribution is 2.41. The van der Waals surface area contributed by atoms with E-state index in [9.17, 15) is 14.7 Å². The van der Waals surface area contributed by atoms with E-state index >= 15 is 0 Å². The fourth-order valence-electron chi connectivity index (χ4n) is 2.25. The average Bonchev–Trinajstić information content (AvgIpc) is 2.61. The molecule has 8 heteroatoms. The predicted octanol–water partition coefficient (Wildman–Crippen LogP) is 2.05. The first-order chi connectivity index (χ1) is 12.0. The minimum Gasteiger partial charge on any atom is -0.496 e. The lowest BCUT2D eigenvalue weighted by molar-refractivity contribution is 0.0655. The van der Waals surface area contributed by atoms with Gasteiger partial charge in [-0.2, -0.15) is 0 Å². The molecule has 1 aromatic carbocycles. The van der Waals surface area contributed by atoms with Crippen molar-refractivity contribution in [1.82, 2.24) is 0 Å². The second kappa shape index (κ2) is 8.20. The molecule has 0 saturated heterocycles. The summed E-state index contributed by atoms with van der Waals surface area (Å²) < 4.78 is 25.8. The van der Waals surface area contributed by atoms with Gasteiger partial charge in [0.25, 0.3) is 0 Å². The number of aromatic carboxylic acids is 1. The Bertz CT molecular complexity index is 787. The Morgan fingerprint density at radius 2 is 1.76 bits per heavy atom. The fraction of sp³-hybridized carbons (Fsp3) is 0.294. The molecule has 0 aliphatic carbocycles. The molecular weight excluding hydrogens is 332 g/mol. The second-order valence-corrected chi connectivity index (χ2v) is 4.82. The van der Waals surface area contributed by atoms with Crippen molar-refractivity contribution in [3.8, 4) is 28.4 Å². The summed E-state index contributed by atoms with van der Waals surface area (Å²) in [6.07, 6.45) is 0. The first-order valence-corrected chi connectivity index (χ1v) is 7.28. The van der Waals surface area contributed by atoms with E-state index in [0.29, 0.717) is 17.1 Å². The van der Waals surface area contributed by atoms with E-state index in [4.69, 9.17) is 23.4 Å². The maximum atomic E-state index is 12.3. The standard InChI is InChI=1S/C17H18O8/c1-21-7-8-24-15-10(9-13(16(18)19)25-17(15)20)14-11(22-2)5-4-6-12(14)23-3/h4-6,9H,7-8H2,1-3H3,(H,18,19). The number of ether oxygens (including phenoxy) is 4. The zero-order valence-electron chi connectivity index (χ0n) is 14.0. The molecule has 0 unspecified atom stereocenters. The number of carbonyl (C=O) groups is 1. The van der Waals surface area contributed by atoms with Gasteiger partial charge < -0.3 is 28.5 Å². The highest BCUT2D eigenvalue weighted by molar-refractivity contribution is 5.89. The normalized spacial score (nSPS) is 10.4. The predicted molar refractivity (Wildman–Crippen MR) is 87.8 cm³/mol. The third-order valence-corrected chi connectivity index (χ3v) is 3.35. The molecule has 134 valence electrons. The lowest BCUT2D eigenvalue weighted by Gasteiger charge is -2.16. The van der Waals surface area contributed by atoms with Crippen LogP contribution < -0.4 is 19.8 Å². The number of benzene rings is 1. The van der Waals surface area contributed by atoms with E-state index in [2.05, 4.69) is 0 Å². The van der Waals surface area contributed by atoms with Gasteiger partial charge in [0.2, 0.25) is 11.5 Å². The summed E-state index contributed by atoms with van der Waals surface area (Å²) >= 11 is 0. The fourth-order valence-corrected chi connectivity index (χ4v) is 2.25. The Hall–Kier alpha value is -3.00. The van der Waals surface area contributed by atoms with Crippen LogP contribution in [0, 0.1) is 0 Å². The lowest BCUT2D eigenvalue weighted by atomic mass is 10.0. The van der Waals surface area contributed by atoms with Crippen molar-refractivity contribution in [1.29, 1.82) is 0 Å². The van der Waals surface area contributed by atoms with Crippen molar-refractivity contribution in [3.05, 3.63) is 40.4 Å². The van der Waals surface area contributed by atoms with Gasteiger partial charge in [0, 0.05) is 18.7 Å². The van der Waals surface area contributed by atoms with E-state index in [0.717, 1.165) is 0 Å². The van der Waals surface area contributed by atoms with Crippen LogP contribution in [0.4, 0.5) is 0 Å². The smallest absolute Gasteiger partial charge is 0.379 e. The number of methoxy groups -OCH3 is 3. The molecule has 0 aliphatic heterocycles. The number of hydrogen-bond acceptors (Lipinski definition) is 7. The largest absolute Gasteiger partial charge is 0.496 e. The molecule has 0 amide bonds. The van der Waals surface area contributed by atoms with Crippen molar-refractivity contribution < 1.29 is 33.3 Å². The maximum Gasteiger partial charge on any atom is 0.379 e. The summed E-state index contributed by atoms with van der Waals surface area (Å²) in [6.45, 7) is 0.320. The third-order valence-electron chi connectivity index (χ3n) is 3.35. The Morgan fingerprint density at radius 1 is 1.12 bits per heavy atom. The summed E-state index contributed by atoms with van der Waals surface area (Å²) in [5.74, 6) is -1.27. The minimum absolute atomic E-state index is 0.0815. The number of rotatable bonds is 8. The molecule has 0 spiro atoms. The van der Waals surface area contributed by atoms with Gasteiger partial charge in [0.05, 0.1) is 26.4 Å². The molecule has 1 N–H and O–H groups in total. The molecule has 0 fully saturated rings. The van der Waals surface area contributed by atoms with Crippen LogP contribution in [0.15, 0.2) is 33.5 Å². The number of carboxylic acid groups (broad SMARTS) is 1. The van der Waals surface area contributed by atoms with E-state index < -0.39 is 17.4 Å². The monoisotopic (exact) mass is 350 g/mol. The van der Waals surface area contributed by atoms with E-state index in [1.54, 1.807) is 18.2 Å². The number of hydrogen-bond donors (Lipinski definition) is 1.